The number of rotatable bonds is 4. The van der Waals surface area contributed by atoms with Crippen LogP contribution in [-0.4, -0.2) is 24.5 Å². The lowest BCUT2D eigenvalue weighted by atomic mass is 10.1. The Kier molecular flexibility index (Phi) is 5.48. The molecule has 1 N–H and O–H groups in total. The zero-order valence-corrected chi connectivity index (χ0v) is 15.7. The van der Waals surface area contributed by atoms with Crippen LogP contribution in [0.2, 0.25) is 10.0 Å². The summed E-state index contributed by atoms with van der Waals surface area (Å²) in [6.45, 7) is 2.26. The van der Waals surface area contributed by atoms with E-state index < -0.39 is 17.8 Å². The van der Waals surface area contributed by atoms with Gasteiger partial charge in [-0.25, -0.2) is 9.69 Å². The molecule has 1 saturated heterocycles. The lowest BCUT2D eigenvalue weighted by Crippen LogP contribution is -2.54. The van der Waals surface area contributed by atoms with E-state index in [1.54, 1.807) is 36.4 Å². The number of anilines is 1. The average Bonchev–Trinajstić information content (AvgIpc) is 2.60. The minimum absolute atomic E-state index is 0.182. The third kappa shape index (κ3) is 3.97. The molecule has 6 nitrogen and oxygen atoms in total. The van der Waals surface area contributed by atoms with Crippen molar-refractivity contribution in [3.8, 4) is 5.75 Å². The van der Waals surface area contributed by atoms with E-state index in [0.29, 0.717) is 22.9 Å². The fourth-order valence-electron chi connectivity index (χ4n) is 2.59. The van der Waals surface area contributed by atoms with Gasteiger partial charge in [-0.2, -0.15) is 0 Å². The van der Waals surface area contributed by atoms with Gasteiger partial charge in [-0.1, -0.05) is 35.3 Å². The number of hydrogen-bond acceptors (Lipinski definition) is 4. The van der Waals surface area contributed by atoms with E-state index in [2.05, 4.69) is 5.32 Å². The maximum absolute atomic E-state index is 12.9. The number of ether oxygens (including phenoxy) is 1. The second kappa shape index (κ2) is 7.82. The second-order valence-corrected chi connectivity index (χ2v) is 6.41. The van der Waals surface area contributed by atoms with Gasteiger partial charge >= 0.3 is 6.03 Å². The predicted molar refractivity (Wildman–Crippen MR) is 103 cm³/mol. The molecule has 1 aliphatic heterocycles. The number of imide groups is 2. The summed E-state index contributed by atoms with van der Waals surface area (Å²) < 4.78 is 5.41. The van der Waals surface area contributed by atoms with Gasteiger partial charge in [0, 0.05) is 5.02 Å². The van der Waals surface area contributed by atoms with E-state index in [-0.39, 0.29) is 16.3 Å². The van der Waals surface area contributed by atoms with Crippen molar-refractivity contribution in [2.75, 3.05) is 11.5 Å². The lowest BCUT2D eigenvalue weighted by Gasteiger charge is -2.27. The first-order valence-corrected chi connectivity index (χ1v) is 8.75. The molecule has 2 aromatic carbocycles. The number of carbonyl (C=O) groups excluding carboxylic acids is 3. The molecule has 1 fully saturated rings. The first-order valence-electron chi connectivity index (χ1n) is 8.00. The van der Waals surface area contributed by atoms with Crippen molar-refractivity contribution in [3.63, 3.8) is 0 Å². The molecule has 0 saturated carbocycles. The summed E-state index contributed by atoms with van der Waals surface area (Å²) in [5.74, 6) is -1.08. The Balaban J connectivity index is 2.03. The molecule has 0 atom stereocenters. The molecule has 0 bridgehead atoms. The molecule has 138 valence electrons. The van der Waals surface area contributed by atoms with Crippen LogP contribution in [0.3, 0.4) is 0 Å². The Labute approximate surface area is 165 Å². The van der Waals surface area contributed by atoms with E-state index >= 15 is 0 Å². The monoisotopic (exact) mass is 404 g/mol. The zero-order chi connectivity index (χ0) is 19.6. The fourth-order valence-corrected chi connectivity index (χ4v) is 3.05. The van der Waals surface area contributed by atoms with Gasteiger partial charge in [0.1, 0.15) is 11.3 Å². The molecule has 1 heterocycles. The van der Waals surface area contributed by atoms with Crippen molar-refractivity contribution in [3.05, 3.63) is 63.6 Å². The summed E-state index contributed by atoms with van der Waals surface area (Å²) in [5.41, 5.74) is 0.443. The fraction of sp³-hybridized carbons (Fsp3) is 0.105. The number of nitrogens with one attached hydrogen (secondary N) is 1. The molecule has 0 spiro atoms. The largest absolute Gasteiger partial charge is 0.494 e. The minimum Gasteiger partial charge on any atom is -0.494 e. The first-order chi connectivity index (χ1) is 12.9. The van der Waals surface area contributed by atoms with Gasteiger partial charge in [0.15, 0.2) is 0 Å². The van der Waals surface area contributed by atoms with Crippen molar-refractivity contribution in [2.24, 2.45) is 0 Å². The van der Waals surface area contributed by atoms with E-state index in [4.69, 9.17) is 27.9 Å². The van der Waals surface area contributed by atoms with Crippen LogP contribution in [0, 0.1) is 0 Å². The van der Waals surface area contributed by atoms with Crippen molar-refractivity contribution >= 4 is 52.8 Å². The second-order valence-electron chi connectivity index (χ2n) is 5.56. The smallest absolute Gasteiger partial charge is 0.335 e. The highest BCUT2D eigenvalue weighted by molar-refractivity contribution is 6.42. The zero-order valence-electron chi connectivity index (χ0n) is 14.2. The van der Waals surface area contributed by atoms with Gasteiger partial charge < -0.3 is 4.74 Å². The summed E-state index contributed by atoms with van der Waals surface area (Å²) in [4.78, 5) is 38.1. The van der Waals surface area contributed by atoms with Crippen molar-refractivity contribution in [1.29, 1.82) is 0 Å². The topological polar surface area (TPSA) is 75.7 Å². The molecule has 2 aromatic rings. The summed E-state index contributed by atoms with van der Waals surface area (Å²) in [6, 6.07) is 10.3. The number of hydrogen-bond donors (Lipinski definition) is 1. The third-order valence-electron chi connectivity index (χ3n) is 3.71. The standard InChI is InChI=1S/C19H14Cl2N2O4/c1-2-27-13-8-11(7-12(20)10-13)9-14-17(24)22-19(26)23(18(14)25)16-6-4-3-5-15(16)21/h3-10H,2H2,1H3,(H,22,24,26)/b14-9+. The van der Waals surface area contributed by atoms with Crippen LogP contribution < -0.4 is 15.0 Å². The van der Waals surface area contributed by atoms with Crippen LogP contribution in [-0.2, 0) is 9.59 Å². The van der Waals surface area contributed by atoms with Gasteiger partial charge in [-0.15, -0.1) is 0 Å². The van der Waals surface area contributed by atoms with Gasteiger partial charge in [-0.3, -0.25) is 14.9 Å². The highest BCUT2D eigenvalue weighted by Crippen LogP contribution is 2.29. The number of amides is 4. The maximum Gasteiger partial charge on any atom is 0.335 e. The molecule has 3 rings (SSSR count). The summed E-state index contributed by atoms with van der Waals surface area (Å²) in [7, 11) is 0. The molecule has 0 radical (unpaired) electrons. The van der Waals surface area contributed by atoms with Gasteiger partial charge in [0.2, 0.25) is 0 Å². The number of nitrogens with zero attached hydrogens (tertiary/aromatic N) is 1. The molecule has 0 unspecified atom stereocenters. The number of para-hydroxylation sites is 1. The molecule has 1 aliphatic rings. The average molecular weight is 405 g/mol. The third-order valence-corrected chi connectivity index (χ3v) is 4.25. The van der Waals surface area contributed by atoms with Crippen molar-refractivity contribution < 1.29 is 19.1 Å². The summed E-state index contributed by atoms with van der Waals surface area (Å²) >= 11 is 12.2. The highest BCUT2D eigenvalue weighted by Gasteiger charge is 2.37. The van der Waals surface area contributed by atoms with E-state index in [1.807, 2.05) is 6.92 Å². The normalized spacial score (nSPS) is 15.9. The van der Waals surface area contributed by atoms with Crippen LogP contribution in [0.15, 0.2) is 48.0 Å². The van der Waals surface area contributed by atoms with Crippen molar-refractivity contribution in [1.82, 2.24) is 5.32 Å². The van der Waals surface area contributed by atoms with Gasteiger partial charge in [0.25, 0.3) is 11.8 Å². The molecule has 8 heteroatoms. The summed E-state index contributed by atoms with van der Waals surface area (Å²) in [5, 5.41) is 2.74. The molecule has 0 aliphatic carbocycles. The van der Waals surface area contributed by atoms with Crippen LogP contribution in [0.5, 0.6) is 5.75 Å². The number of carbonyl (C=O) groups is 3. The number of barbiturate groups is 1. The number of halogens is 2. The molecule has 4 amide bonds. The first kappa shape index (κ1) is 18.9. The summed E-state index contributed by atoms with van der Waals surface area (Å²) in [6.07, 6.45) is 1.35. The maximum atomic E-state index is 12.9. The van der Waals surface area contributed by atoms with Gasteiger partial charge in [-0.05, 0) is 48.9 Å². The Morgan fingerprint density at radius 2 is 1.85 bits per heavy atom. The van der Waals surface area contributed by atoms with E-state index in [9.17, 15) is 14.4 Å². The number of benzene rings is 2. The van der Waals surface area contributed by atoms with Crippen LogP contribution in [0.1, 0.15) is 12.5 Å². The van der Waals surface area contributed by atoms with Crippen molar-refractivity contribution in [2.45, 2.75) is 6.92 Å². The molecule has 27 heavy (non-hydrogen) atoms. The van der Waals surface area contributed by atoms with E-state index in [1.165, 1.54) is 12.1 Å². The van der Waals surface area contributed by atoms with Crippen LogP contribution in [0.4, 0.5) is 10.5 Å². The SMILES string of the molecule is CCOc1cc(Cl)cc(/C=C2\C(=O)NC(=O)N(c3ccccc3Cl)C2=O)c1. The highest BCUT2D eigenvalue weighted by atomic mass is 35.5. The van der Waals surface area contributed by atoms with Gasteiger partial charge in [0.05, 0.1) is 17.3 Å². The predicted octanol–water partition coefficient (Wildman–Crippen LogP) is 4.06. The molecule has 0 aromatic heterocycles. The molecular formula is C19H14Cl2N2O4. The van der Waals surface area contributed by atoms with Crippen LogP contribution >= 0.6 is 23.2 Å². The Morgan fingerprint density at radius 3 is 2.56 bits per heavy atom. The Hall–Kier alpha value is -2.83. The Bertz CT molecular complexity index is 972. The lowest BCUT2D eigenvalue weighted by molar-refractivity contribution is -0.122. The number of urea groups is 1. The minimum atomic E-state index is -0.864. The van der Waals surface area contributed by atoms with E-state index in [0.717, 1.165) is 4.90 Å². The Morgan fingerprint density at radius 1 is 1.11 bits per heavy atom. The van der Waals surface area contributed by atoms with Crippen LogP contribution in [0.25, 0.3) is 6.08 Å². The molecular weight excluding hydrogens is 391 g/mol. The quantitative estimate of drug-likeness (QED) is 0.615.